The molecule has 2 aliphatic carbocycles. The summed E-state index contributed by atoms with van der Waals surface area (Å²) in [5.41, 5.74) is 0. The van der Waals surface area contributed by atoms with E-state index >= 15 is 0 Å². The quantitative estimate of drug-likeness (QED) is 0.0440. The third kappa shape index (κ3) is 42.3. The largest absolute Gasteiger partial charge is 0.462 e. The standard InChI is InChI=1S/C69H134N2O6/c1-7-11-13-15-19-25-40-66(42-31-29-38-64-50-46-62(36-9-3)47-51-64)76-68(72)44-27-21-17-23-33-54-70(56-35-57-71(58-60-74-5)59-61-75-6)55-34-24-18-22-28-45-69(73)77-67(41-26-20-16-14-12-8-2)43-32-30-39-65-52-48-63(37-10-4)49-53-65/h62-67H,7-61H2,1-6H3. The molecule has 2 rings (SSSR count). The van der Waals surface area contributed by atoms with Crippen LogP contribution in [0.1, 0.15) is 329 Å². The Morgan fingerprint density at radius 3 is 1.00 bits per heavy atom. The van der Waals surface area contributed by atoms with Crippen molar-refractivity contribution in [2.24, 2.45) is 23.7 Å². The van der Waals surface area contributed by atoms with E-state index in [1.807, 2.05) is 0 Å². The number of unbranched alkanes of at least 4 members (excludes halogenated alkanes) is 20. The van der Waals surface area contributed by atoms with E-state index in [-0.39, 0.29) is 24.1 Å². The molecular weight excluding hydrogens is 953 g/mol. The Kier molecular flexibility index (Phi) is 49.3. The maximum Gasteiger partial charge on any atom is 0.306 e. The van der Waals surface area contributed by atoms with Gasteiger partial charge in [-0.1, -0.05) is 233 Å². The Hall–Kier alpha value is -1.22. The van der Waals surface area contributed by atoms with Gasteiger partial charge in [0.25, 0.3) is 0 Å². The van der Waals surface area contributed by atoms with Crippen molar-refractivity contribution in [3.63, 3.8) is 0 Å². The topological polar surface area (TPSA) is 77.5 Å². The Morgan fingerprint density at radius 2 is 0.636 bits per heavy atom. The zero-order valence-electron chi connectivity index (χ0n) is 52.7. The minimum absolute atomic E-state index is 0.0459. The number of carbonyl (C=O) groups excluding carboxylic acids is 2. The predicted molar refractivity (Wildman–Crippen MR) is 330 cm³/mol. The van der Waals surface area contributed by atoms with Gasteiger partial charge in [-0.25, -0.2) is 0 Å². The lowest BCUT2D eigenvalue weighted by Crippen LogP contribution is -2.34. The lowest BCUT2D eigenvalue weighted by atomic mass is 9.78. The lowest BCUT2D eigenvalue weighted by Gasteiger charge is -2.28. The van der Waals surface area contributed by atoms with Crippen molar-refractivity contribution in [3.8, 4) is 0 Å². The van der Waals surface area contributed by atoms with Crippen molar-refractivity contribution in [1.29, 1.82) is 0 Å². The van der Waals surface area contributed by atoms with Gasteiger partial charge in [0.2, 0.25) is 0 Å². The molecule has 0 amide bonds. The molecule has 2 saturated carbocycles. The fourth-order valence-electron chi connectivity index (χ4n) is 13.3. The van der Waals surface area contributed by atoms with E-state index in [1.54, 1.807) is 14.2 Å². The molecule has 0 N–H and O–H groups in total. The molecular formula is C69H134N2O6. The van der Waals surface area contributed by atoms with Crippen molar-refractivity contribution >= 4 is 11.9 Å². The summed E-state index contributed by atoms with van der Waals surface area (Å²) in [5.74, 6) is 3.92. The van der Waals surface area contributed by atoms with Crippen molar-refractivity contribution in [3.05, 3.63) is 0 Å². The van der Waals surface area contributed by atoms with Gasteiger partial charge in [-0.2, -0.15) is 0 Å². The molecule has 0 bridgehead atoms. The van der Waals surface area contributed by atoms with Gasteiger partial charge < -0.3 is 23.8 Å². The van der Waals surface area contributed by atoms with E-state index in [9.17, 15) is 9.59 Å². The first-order valence-corrected chi connectivity index (χ1v) is 34.6. The average molecular weight is 1090 g/mol. The number of rotatable bonds is 56. The third-order valence-corrected chi connectivity index (χ3v) is 18.3. The van der Waals surface area contributed by atoms with Crippen LogP contribution in [0.15, 0.2) is 0 Å². The van der Waals surface area contributed by atoms with Gasteiger partial charge in [0.05, 0.1) is 13.2 Å². The average Bonchev–Trinajstić information content (AvgIpc) is 3.43. The van der Waals surface area contributed by atoms with Crippen LogP contribution in [0.3, 0.4) is 0 Å². The molecule has 0 heterocycles. The fourth-order valence-corrected chi connectivity index (χ4v) is 13.3. The molecule has 2 unspecified atom stereocenters. The molecule has 2 fully saturated rings. The number of hydrogen-bond acceptors (Lipinski definition) is 8. The van der Waals surface area contributed by atoms with Crippen LogP contribution >= 0.6 is 0 Å². The Bertz CT molecular complexity index is 1180. The first-order chi connectivity index (χ1) is 37.8. The number of nitrogens with zero attached hydrogens (tertiary/aromatic N) is 2. The van der Waals surface area contributed by atoms with Gasteiger partial charge in [0.15, 0.2) is 0 Å². The zero-order valence-corrected chi connectivity index (χ0v) is 52.7. The van der Waals surface area contributed by atoms with Crippen LogP contribution < -0.4 is 0 Å². The Morgan fingerprint density at radius 1 is 0.338 bits per heavy atom. The van der Waals surface area contributed by atoms with Crippen LogP contribution in [-0.2, 0) is 28.5 Å². The van der Waals surface area contributed by atoms with Crippen LogP contribution in [0.5, 0.6) is 0 Å². The fraction of sp³-hybridized carbons (Fsp3) is 0.971. The molecule has 0 spiro atoms. The van der Waals surface area contributed by atoms with Crippen LogP contribution in [0.4, 0.5) is 0 Å². The minimum atomic E-state index is 0.0459. The number of methoxy groups -OCH3 is 2. The van der Waals surface area contributed by atoms with E-state index in [1.165, 1.54) is 231 Å². The molecule has 77 heavy (non-hydrogen) atoms. The molecule has 456 valence electrons. The first kappa shape index (κ1) is 71.9. The number of hydrogen-bond donors (Lipinski definition) is 0. The molecule has 0 aromatic carbocycles. The van der Waals surface area contributed by atoms with Gasteiger partial charge in [0.1, 0.15) is 12.2 Å². The highest BCUT2D eigenvalue weighted by Gasteiger charge is 2.23. The Labute approximate surface area is 480 Å². The van der Waals surface area contributed by atoms with Crippen molar-refractivity contribution in [2.45, 2.75) is 342 Å². The maximum atomic E-state index is 13.2. The SMILES string of the molecule is CCCCCCCCC(CCCCC1CCC(CCC)CC1)OC(=O)CCCCCCCN(CCCCCCCC(=O)OC(CCCCCCCC)CCCCC1CCC(CCC)CC1)CCCN(CCOC)CCOC. The summed E-state index contributed by atoms with van der Waals surface area (Å²) in [6, 6.07) is 0. The second kappa shape index (κ2) is 52.8. The second-order valence-corrected chi connectivity index (χ2v) is 25.3. The molecule has 8 heteroatoms. The van der Waals surface area contributed by atoms with Gasteiger partial charge in [-0.15, -0.1) is 0 Å². The van der Waals surface area contributed by atoms with Gasteiger partial charge in [-0.05, 0) is 133 Å². The van der Waals surface area contributed by atoms with Crippen LogP contribution in [0, 0.1) is 23.7 Å². The molecule has 0 aromatic heterocycles. The summed E-state index contributed by atoms with van der Waals surface area (Å²) < 4.78 is 23.3. The normalized spacial score (nSPS) is 18.8. The number of esters is 2. The smallest absolute Gasteiger partial charge is 0.306 e. The van der Waals surface area contributed by atoms with E-state index in [2.05, 4.69) is 37.5 Å². The summed E-state index contributed by atoms with van der Waals surface area (Å²) in [6.45, 7) is 17.1. The van der Waals surface area contributed by atoms with Crippen molar-refractivity contribution < 1.29 is 28.5 Å². The van der Waals surface area contributed by atoms with Gasteiger partial charge in [-0.3, -0.25) is 14.5 Å². The summed E-state index contributed by atoms with van der Waals surface area (Å²) in [7, 11) is 3.58. The molecule has 0 radical (unpaired) electrons. The molecule has 0 aromatic rings. The van der Waals surface area contributed by atoms with Crippen LogP contribution in [0.2, 0.25) is 0 Å². The molecule has 2 atom stereocenters. The highest BCUT2D eigenvalue weighted by atomic mass is 16.5. The lowest BCUT2D eigenvalue weighted by molar-refractivity contribution is -0.151. The molecule has 0 aliphatic heterocycles. The zero-order chi connectivity index (χ0) is 55.5. The van der Waals surface area contributed by atoms with E-state index in [0.717, 1.165) is 134 Å². The van der Waals surface area contributed by atoms with Crippen molar-refractivity contribution in [1.82, 2.24) is 9.80 Å². The molecule has 2 aliphatic rings. The molecule has 8 nitrogen and oxygen atoms in total. The number of ether oxygens (including phenoxy) is 4. The van der Waals surface area contributed by atoms with Crippen molar-refractivity contribution in [2.75, 3.05) is 66.7 Å². The van der Waals surface area contributed by atoms with Gasteiger partial charge in [0, 0.05) is 40.2 Å². The highest BCUT2D eigenvalue weighted by Crippen LogP contribution is 2.36. The highest BCUT2D eigenvalue weighted by molar-refractivity contribution is 5.69. The maximum absolute atomic E-state index is 13.2. The van der Waals surface area contributed by atoms with E-state index in [0.29, 0.717) is 12.8 Å². The van der Waals surface area contributed by atoms with Crippen LogP contribution in [-0.4, -0.2) is 101 Å². The van der Waals surface area contributed by atoms with Crippen LogP contribution in [0.25, 0.3) is 0 Å². The summed E-state index contributed by atoms with van der Waals surface area (Å²) in [6.07, 6.45) is 58.4. The predicted octanol–water partition coefficient (Wildman–Crippen LogP) is 19.6. The minimum Gasteiger partial charge on any atom is -0.462 e. The summed E-state index contributed by atoms with van der Waals surface area (Å²) in [4.78, 5) is 31.6. The third-order valence-electron chi connectivity index (χ3n) is 18.3. The van der Waals surface area contributed by atoms with E-state index in [4.69, 9.17) is 18.9 Å². The monoisotopic (exact) mass is 1090 g/mol. The number of carbonyl (C=O) groups is 2. The van der Waals surface area contributed by atoms with E-state index < -0.39 is 0 Å². The second-order valence-electron chi connectivity index (χ2n) is 25.3. The summed E-state index contributed by atoms with van der Waals surface area (Å²) in [5, 5.41) is 0. The molecule has 0 saturated heterocycles. The Balaban J connectivity index is 1.74. The first-order valence-electron chi connectivity index (χ1n) is 34.6. The summed E-state index contributed by atoms with van der Waals surface area (Å²) >= 11 is 0. The van der Waals surface area contributed by atoms with Gasteiger partial charge >= 0.3 is 11.9 Å².